The maximum absolute atomic E-state index is 12.0. The third kappa shape index (κ3) is 3.56. The van der Waals surface area contributed by atoms with Gasteiger partial charge < -0.3 is 29.4 Å². The highest BCUT2D eigenvalue weighted by Gasteiger charge is 2.46. The Hall–Kier alpha value is -1.45. The molecule has 128 valence electrons. The molecule has 0 saturated carbocycles. The maximum atomic E-state index is 12.0. The van der Waals surface area contributed by atoms with E-state index in [1.54, 1.807) is 12.1 Å². The Balaban J connectivity index is 1.64. The normalized spacial score (nSPS) is 32.1. The molecule has 3 N–H and O–H groups in total. The van der Waals surface area contributed by atoms with Crippen molar-refractivity contribution in [1.82, 2.24) is 10.2 Å². The van der Waals surface area contributed by atoms with Crippen LogP contribution in [0.4, 0.5) is 0 Å². The van der Waals surface area contributed by atoms with Gasteiger partial charge in [0.25, 0.3) is 5.91 Å². The van der Waals surface area contributed by atoms with Crippen molar-refractivity contribution in [2.24, 2.45) is 0 Å². The number of furan rings is 1. The first-order valence-corrected chi connectivity index (χ1v) is 7.78. The smallest absolute Gasteiger partial charge is 0.287 e. The number of carbonyl (C=O) groups is 1. The number of morpholine rings is 1. The fourth-order valence-electron chi connectivity index (χ4n) is 3.16. The summed E-state index contributed by atoms with van der Waals surface area (Å²) in [6.45, 7) is 2.54. The number of nitrogens with one attached hydrogen (secondary N) is 1. The van der Waals surface area contributed by atoms with E-state index in [1.165, 1.54) is 6.26 Å². The van der Waals surface area contributed by atoms with Crippen LogP contribution in [0, 0.1) is 0 Å². The average molecular weight is 326 g/mol. The molecule has 2 saturated heterocycles. The summed E-state index contributed by atoms with van der Waals surface area (Å²) in [5.74, 6) is -0.105. The third-order valence-electron chi connectivity index (χ3n) is 4.32. The number of rotatable bonds is 5. The van der Waals surface area contributed by atoms with E-state index in [0.29, 0.717) is 26.3 Å². The Morgan fingerprint density at radius 2 is 2.13 bits per heavy atom. The summed E-state index contributed by atoms with van der Waals surface area (Å²) in [6, 6.07) is 2.94. The van der Waals surface area contributed by atoms with E-state index in [-0.39, 0.29) is 30.9 Å². The van der Waals surface area contributed by atoms with E-state index in [0.717, 1.165) is 0 Å². The van der Waals surface area contributed by atoms with Gasteiger partial charge in [-0.3, -0.25) is 9.69 Å². The van der Waals surface area contributed by atoms with Gasteiger partial charge >= 0.3 is 0 Å². The summed E-state index contributed by atoms with van der Waals surface area (Å²) in [5, 5.41) is 22.5. The molecule has 2 aliphatic heterocycles. The number of hydrogen-bond donors (Lipinski definition) is 3. The molecule has 1 aromatic heterocycles. The molecule has 3 heterocycles. The van der Waals surface area contributed by atoms with Gasteiger partial charge in [0.05, 0.1) is 38.2 Å². The molecule has 0 bridgehead atoms. The molecule has 23 heavy (non-hydrogen) atoms. The zero-order valence-corrected chi connectivity index (χ0v) is 12.8. The van der Waals surface area contributed by atoms with Crippen LogP contribution in [0.25, 0.3) is 0 Å². The first-order valence-electron chi connectivity index (χ1n) is 7.78. The molecule has 8 nitrogen and oxygen atoms in total. The highest BCUT2D eigenvalue weighted by Crippen LogP contribution is 2.26. The summed E-state index contributed by atoms with van der Waals surface area (Å²) < 4.78 is 16.1. The zero-order chi connectivity index (χ0) is 16.2. The van der Waals surface area contributed by atoms with E-state index in [4.69, 9.17) is 13.9 Å². The summed E-state index contributed by atoms with van der Waals surface area (Å²) >= 11 is 0. The lowest BCUT2D eigenvalue weighted by molar-refractivity contribution is -0.0220. The highest BCUT2D eigenvalue weighted by molar-refractivity contribution is 5.91. The predicted octanol–water partition coefficient (Wildman–Crippen LogP) is -1.17. The molecule has 2 fully saturated rings. The van der Waals surface area contributed by atoms with Crippen LogP contribution in [0.3, 0.4) is 0 Å². The molecule has 0 unspecified atom stereocenters. The van der Waals surface area contributed by atoms with Crippen LogP contribution in [0.2, 0.25) is 0 Å². The second-order valence-corrected chi connectivity index (χ2v) is 5.71. The summed E-state index contributed by atoms with van der Waals surface area (Å²) in [6.07, 6.45) is -0.417. The van der Waals surface area contributed by atoms with Gasteiger partial charge in [-0.1, -0.05) is 0 Å². The Kier molecular flexibility index (Phi) is 5.29. The number of aliphatic hydroxyl groups excluding tert-OH is 2. The van der Waals surface area contributed by atoms with Crippen molar-refractivity contribution >= 4 is 5.91 Å². The van der Waals surface area contributed by atoms with Crippen molar-refractivity contribution in [1.29, 1.82) is 0 Å². The van der Waals surface area contributed by atoms with Crippen LogP contribution in [-0.4, -0.2) is 84.8 Å². The van der Waals surface area contributed by atoms with E-state index in [9.17, 15) is 15.0 Å². The second kappa shape index (κ2) is 7.41. The third-order valence-corrected chi connectivity index (χ3v) is 4.32. The van der Waals surface area contributed by atoms with Gasteiger partial charge in [0, 0.05) is 19.6 Å². The fourth-order valence-corrected chi connectivity index (χ4v) is 3.16. The van der Waals surface area contributed by atoms with Crippen molar-refractivity contribution < 1.29 is 28.9 Å². The summed E-state index contributed by atoms with van der Waals surface area (Å²) in [5.41, 5.74) is 0. The van der Waals surface area contributed by atoms with Crippen LogP contribution in [0.15, 0.2) is 22.8 Å². The molecule has 0 radical (unpaired) electrons. The van der Waals surface area contributed by atoms with Crippen molar-refractivity contribution in [3.63, 3.8) is 0 Å². The van der Waals surface area contributed by atoms with Crippen LogP contribution in [-0.2, 0) is 9.47 Å². The predicted molar refractivity (Wildman–Crippen MR) is 79.0 cm³/mol. The number of aliphatic hydroxyl groups is 2. The number of carbonyl (C=O) groups excluding carboxylic acids is 1. The Bertz CT molecular complexity index is 502. The van der Waals surface area contributed by atoms with Crippen LogP contribution < -0.4 is 5.32 Å². The van der Waals surface area contributed by atoms with Gasteiger partial charge in [-0.2, -0.15) is 0 Å². The largest absolute Gasteiger partial charge is 0.459 e. The van der Waals surface area contributed by atoms with Crippen LogP contribution >= 0.6 is 0 Å². The van der Waals surface area contributed by atoms with Gasteiger partial charge in [0.1, 0.15) is 12.2 Å². The van der Waals surface area contributed by atoms with Gasteiger partial charge in [-0.05, 0) is 12.1 Å². The van der Waals surface area contributed by atoms with E-state index < -0.39 is 18.3 Å². The lowest BCUT2D eigenvalue weighted by Gasteiger charge is -2.36. The van der Waals surface area contributed by atoms with E-state index >= 15 is 0 Å². The Morgan fingerprint density at radius 3 is 2.78 bits per heavy atom. The standard InChI is InChI=1S/C15H22N2O6/c18-9-12-14(19)13(17-3-6-21-7-4-17)11(23-12)8-16-15(20)10-2-1-5-22-10/h1-2,5,11-14,18-19H,3-4,6-9H2,(H,16,20)/t11-,12+,13+,14-/m1/s1. The Morgan fingerprint density at radius 1 is 1.35 bits per heavy atom. The highest BCUT2D eigenvalue weighted by atomic mass is 16.5. The molecular weight excluding hydrogens is 304 g/mol. The van der Waals surface area contributed by atoms with Crippen LogP contribution in [0.1, 0.15) is 10.6 Å². The molecule has 0 aliphatic carbocycles. The Labute approximate surface area is 134 Å². The molecule has 1 amide bonds. The average Bonchev–Trinajstić information content (AvgIpc) is 3.21. The number of amides is 1. The molecule has 1 aromatic rings. The van der Waals surface area contributed by atoms with Gasteiger partial charge in [-0.15, -0.1) is 0 Å². The quantitative estimate of drug-likeness (QED) is 0.626. The van der Waals surface area contributed by atoms with E-state index in [2.05, 4.69) is 10.2 Å². The molecule has 2 aliphatic rings. The molecule has 8 heteroatoms. The first kappa shape index (κ1) is 16.4. The SMILES string of the molecule is O=C(NC[C@H]1O[C@@H](CO)[C@@H](O)[C@H]1N1CCOCC1)c1ccco1. The monoisotopic (exact) mass is 326 g/mol. The van der Waals surface area contributed by atoms with Crippen molar-refractivity contribution in [3.05, 3.63) is 24.2 Å². The minimum absolute atomic E-state index is 0.227. The number of ether oxygens (including phenoxy) is 2. The van der Waals surface area contributed by atoms with Gasteiger partial charge in [0.15, 0.2) is 5.76 Å². The lowest BCUT2D eigenvalue weighted by Crippen LogP contribution is -2.54. The van der Waals surface area contributed by atoms with Crippen molar-refractivity contribution in [2.75, 3.05) is 39.5 Å². The van der Waals surface area contributed by atoms with Crippen molar-refractivity contribution in [3.8, 4) is 0 Å². The summed E-state index contributed by atoms with van der Waals surface area (Å²) in [4.78, 5) is 14.1. The van der Waals surface area contributed by atoms with Crippen molar-refractivity contribution in [2.45, 2.75) is 24.4 Å². The minimum Gasteiger partial charge on any atom is -0.459 e. The zero-order valence-electron chi connectivity index (χ0n) is 12.8. The molecule has 3 rings (SSSR count). The first-order chi connectivity index (χ1) is 11.2. The molecular formula is C15H22N2O6. The van der Waals surface area contributed by atoms with Gasteiger partial charge in [-0.25, -0.2) is 0 Å². The molecule has 0 aromatic carbocycles. The minimum atomic E-state index is -0.802. The second-order valence-electron chi connectivity index (χ2n) is 5.71. The lowest BCUT2D eigenvalue weighted by atomic mass is 10.0. The van der Waals surface area contributed by atoms with E-state index in [1.807, 2.05) is 0 Å². The number of hydrogen-bond acceptors (Lipinski definition) is 7. The summed E-state index contributed by atoms with van der Waals surface area (Å²) in [7, 11) is 0. The topological polar surface area (TPSA) is 104 Å². The number of nitrogens with zero attached hydrogens (tertiary/aromatic N) is 1. The maximum Gasteiger partial charge on any atom is 0.287 e. The fraction of sp³-hybridized carbons (Fsp3) is 0.667. The molecule has 4 atom stereocenters. The molecule has 0 spiro atoms. The van der Waals surface area contributed by atoms with Gasteiger partial charge in [0.2, 0.25) is 0 Å². The van der Waals surface area contributed by atoms with Crippen LogP contribution in [0.5, 0.6) is 0 Å².